The van der Waals surface area contributed by atoms with Crippen LogP contribution in [0.4, 0.5) is 9.80 Å². The molecule has 0 aliphatic carbocycles. The Morgan fingerprint density at radius 3 is 2.89 bits per heavy atom. The number of carboxylic acid groups (broad SMARTS) is 1. The average molecular weight is 268 g/mol. The number of nitrogens with zero attached hydrogens (tertiary/aromatic N) is 2. The number of furan rings is 1. The molecule has 0 saturated carbocycles. The Morgan fingerprint density at radius 2 is 2.28 bits per heavy atom. The fourth-order valence-corrected chi connectivity index (χ4v) is 1.55. The molecule has 0 saturated heterocycles. The van der Waals surface area contributed by atoms with Crippen molar-refractivity contribution in [1.82, 2.24) is 14.9 Å². The number of urea groups is 1. The SMILES string of the molecule is O=C(NCc1ccc(C(=O)O)o1)Nc1cnns1. The summed E-state index contributed by atoms with van der Waals surface area (Å²) in [5, 5.41) is 17.7. The molecule has 8 nitrogen and oxygen atoms in total. The van der Waals surface area contributed by atoms with E-state index in [2.05, 4.69) is 20.2 Å². The van der Waals surface area contributed by atoms with Crippen molar-refractivity contribution in [2.24, 2.45) is 0 Å². The number of aromatic nitrogens is 2. The molecule has 18 heavy (non-hydrogen) atoms. The number of amides is 2. The number of anilines is 1. The van der Waals surface area contributed by atoms with Crippen LogP contribution >= 0.6 is 11.5 Å². The maximum atomic E-state index is 11.4. The van der Waals surface area contributed by atoms with E-state index in [-0.39, 0.29) is 12.3 Å². The molecule has 0 radical (unpaired) electrons. The van der Waals surface area contributed by atoms with Crippen LogP contribution in [0.3, 0.4) is 0 Å². The van der Waals surface area contributed by atoms with Crippen molar-refractivity contribution in [3.63, 3.8) is 0 Å². The fourth-order valence-electron chi connectivity index (χ4n) is 1.13. The van der Waals surface area contributed by atoms with Crippen molar-refractivity contribution in [3.05, 3.63) is 29.9 Å². The first kappa shape index (κ1) is 12.0. The standard InChI is InChI=1S/C9H8N4O4S/c14-8(15)6-2-1-5(17-6)3-10-9(16)12-7-4-11-13-18-7/h1-2,4H,3H2,(H,14,15)(H2,10,12,16). The molecule has 0 bridgehead atoms. The molecule has 2 aromatic heterocycles. The van der Waals surface area contributed by atoms with E-state index >= 15 is 0 Å². The van der Waals surface area contributed by atoms with Crippen molar-refractivity contribution in [1.29, 1.82) is 0 Å². The lowest BCUT2D eigenvalue weighted by atomic mass is 10.4. The molecule has 2 aromatic rings. The normalized spacial score (nSPS) is 10.0. The molecule has 0 unspecified atom stereocenters. The van der Waals surface area contributed by atoms with Crippen molar-refractivity contribution >= 4 is 28.5 Å². The van der Waals surface area contributed by atoms with Gasteiger partial charge in [0.1, 0.15) is 10.8 Å². The zero-order valence-electron chi connectivity index (χ0n) is 8.91. The Morgan fingerprint density at radius 1 is 1.44 bits per heavy atom. The van der Waals surface area contributed by atoms with E-state index in [0.29, 0.717) is 10.8 Å². The van der Waals surface area contributed by atoms with Gasteiger partial charge in [-0.1, -0.05) is 4.49 Å². The number of hydrogen-bond acceptors (Lipinski definition) is 6. The number of rotatable bonds is 4. The van der Waals surface area contributed by atoms with E-state index in [9.17, 15) is 9.59 Å². The third kappa shape index (κ3) is 3.04. The third-order valence-corrected chi connectivity index (χ3v) is 2.47. The Labute approximate surface area is 105 Å². The van der Waals surface area contributed by atoms with Gasteiger partial charge >= 0.3 is 12.0 Å². The van der Waals surface area contributed by atoms with E-state index < -0.39 is 12.0 Å². The molecule has 0 fully saturated rings. The third-order valence-electron chi connectivity index (χ3n) is 1.89. The van der Waals surface area contributed by atoms with E-state index in [4.69, 9.17) is 9.52 Å². The zero-order valence-corrected chi connectivity index (χ0v) is 9.73. The van der Waals surface area contributed by atoms with Crippen LogP contribution in [0.2, 0.25) is 0 Å². The topological polar surface area (TPSA) is 117 Å². The predicted molar refractivity (Wildman–Crippen MR) is 61.4 cm³/mol. The molecule has 2 amide bonds. The molecule has 2 heterocycles. The van der Waals surface area contributed by atoms with Crippen LogP contribution in [0.25, 0.3) is 0 Å². The van der Waals surface area contributed by atoms with Crippen molar-refractivity contribution in [3.8, 4) is 0 Å². The first-order valence-electron chi connectivity index (χ1n) is 4.79. The highest BCUT2D eigenvalue weighted by molar-refractivity contribution is 7.10. The quantitative estimate of drug-likeness (QED) is 0.765. The van der Waals surface area contributed by atoms with E-state index in [1.165, 1.54) is 18.3 Å². The Kier molecular flexibility index (Phi) is 3.53. The largest absolute Gasteiger partial charge is 0.475 e. The van der Waals surface area contributed by atoms with Gasteiger partial charge in [0, 0.05) is 11.5 Å². The lowest BCUT2D eigenvalue weighted by Crippen LogP contribution is -2.27. The van der Waals surface area contributed by atoms with Gasteiger partial charge in [-0.15, -0.1) is 5.10 Å². The maximum Gasteiger partial charge on any atom is 0.371 e. The maximum absolute atomic E-state index is 11.4. The summed E-state index contributed by atoms with van der Waals surface area (Å²) in [6.07, 6.45) is 1.42. The van der Waals surface area contributed by atoms with Gasteiger partial charge in [0.25, 0.3) is 0 Å². The highest BCUT2D eigenvalue weighted by Crippen LogP contribution is 2.09. The molecule has 94 valence electrons. The van der Waals surface area contributed by atoms with Crippen LogP contribution in [0.1, 0.15) is 16.3 Å². The van der Waals surface area contributed by atoms with Crippen molar-refractivity contribution in [2.45, 2.75) is 6.54 Å². The number of carbonyl (C=O) groups excluding carboxylic acids is 1. The highest BCUT2D eigenvalue weighted by Gasteiger charge is 2.10. The summed E-state index contributed by atoms with van der Waals surface area (Å²) in [5.41, 5.74) is 0. The lowest BCUT2D eigenvalue weighted by molar-refractivity contribution is 0.0660. The molecule has 0 aliphatic rings. The van der Waals surface area contributed by atoms with E-state index in [1.54, 1.807) is 0 Å². The summed E-state index contributed by atoms with van der Waals surface area (Å²) < 4.78 is 8.55. The minimum atomic E-state index is -1.15. The predicted octanol–water partition coefficient (Wildman–Crippen LogP) is 1.15. The summed E-state index contributed by atoms with van der Waals surface area (Å²) in [7, 11) is 0. The van der Waals surface area contributed by atoms with Gasteiger partial charge < -0.3 is 14.8 Å². The zero-order chi connectivity index (χ0) is 13.0. The van der Waals surface area contributed by atoms with Crippen molar-refractivity contribution in [2.75, 3.05) is 5.32 Å². The molecular formula is C9H8N4O4S. The number of carbonyl (C=O) groups is 2. The van der Waals surface area contributed by atoms with Crippen LogP contribution in [0, 0.1) is 0 Å². The molecule has 3 N–H and O–H groups in total. The van der Waals surface area contributed by atoms with Crippen LogP contribution in [-0.4, -0.2) is 26.7 Å². The second-order valence-electron chi connectivity index (χ2n) is 3.16. The van der Waals surface area contributed by atoms with E-state index in [1.807, 2.05) is 0 Å². The second kappa shape index (κ2) is 5.27. The number of carboxylic acids is 1. The number of hydrogen-bond donors (Lipinski definition) is 3. The molecule has 0 aromatic carbocycles. The fraction of sp³-hybridized carbons (Fsp3) is 0.111. The van der Waals surface area contributed by atoms with Gasteiger partial charge in [0.2, 0.25) is 5.76 Å². The van der Waals surface area contributed by atoms with Crippen LogP contribution in [0.15, 0.2) is 22.7 Å². The summed E-state index contributed by atoms with van der Waals surface area (Å²) >= 11 is 1.05. The number of nitrogens with one attached hydrogen (secondary N) is 2. The molecule has 9 heteroatoms. The summed E-state index contributed by atoms with van der Waals surface area (Å²) in [6, 6.07) is 2.36. The summed E-state index contributed by atoms with van der Waals surface area (Å²) in [4.78, 5) is 22.0. The average Bonchev–Trinajstić information content (AvgIpc) is 2.96. The van der Waals surface area contributed by atoms with Crippen LogP contribution in [0.5, 0.6) is 0 Å². The summed E-state index contributed by atoms with van der Waals surface area (Å²) in [6.45, 7) is 0.0886. The monoisotopic (exact) mass is 268 g/mol. The van der Waals surface area contributed by atoms with Gasteiger partial charge in [-0.3, -0.25) is 5.32 Å². The first-order chi connectivity index (χ1) is 8.65. The molecular weight excluding hydrogens is 260 g/mol. The van der Waals surface area contributed by atoms with Gasteiger partial charge in [-0.25, -0.2) is 9.59 Å². The summed E-state index contributed by atoms with van der Waals surface area (Å²) in [5.74, 6) is -0.967. The Bertz CT molecular complexity index is 551. The molecule has 2 rings (SSSR count). The van der Waals surface area contributed by atoms with Gasteiger partial charge in [-0.2, -0.15) is 0 Å². The van der Waals surface area contributed by atoms with Gasteiger partial charge in [0.15, 0.2) is 0 Å². The number of aromatic carboxylic acids is 1. The molecule has 0 atom stereocenters. The smallest absolute Gasteiger partial charge is 0.371 e. The minimum absolute atomic E-state index is 0.0886. The van der Waals surface area contributed by atoms with Crippen LogP contribution in [-0.2, 0) is 6.54 Å². The van der Waals surface area contributed by atoms with Gasteiger partial charge in [0.05, 0.1) is 12.7 Å². The minimum Gasteiger partial charge on any atom is -0.475 e. The van der Waals surface area contributed by atoms with Gasteiger partial charge in [-0.05, 0) is 12.1 Å². The molecule has 0 aliphatic heterocycles. The van der Waals surface area contributed by atoms with Crippen LogP contribution < -0.4 is 10.6 Å². The Balaban J connectivity index is 1.83. The molecule has 0 spiro atoms. The highest BCUT2D eigenvalue weighted by atomic mass is 32.1. The first-order valence-corrected chi connectivity index (χ1v) is 5.56. The lowest BCUT2D eigenvalue weighted by Gasteiger charge is -2.02. The van der Waals surface area contributed by atoms with E-state index in [0.717, 1.165) is 11.5 Å². The van der Waals surface area contributed by atoms with Crippen molar-refractivity contribution < 1.29 is 19.1 Å². The second-order valence-corrected chi connectivity index (χ2v) is 3.95. The Hall–Kier alpha value is -2.42.